The molecule has 0 bridgehead atoms. The third-order valence-electron chi connectivity index (χ3n) is 8.44. The molecule has 3 N–H and O–H groups in total. The van der Waals surface area contributed by atoms with Crippen LogP contribution in [0.15, 0.2) is 72.8 Å². The number of hydrogen-bond donors (Lipinski definition) is 3. The summed E-state index contributed by atoms with van der Waals surface area (Å²) >= 11 is 0. The molecule has 1 aliphatic heterocycles. The lowest BCUT2D eigenvalue weighted by Crippen LogP contribution is -2.47. The van der Waals surface area contributed by atoms with E-state index < -0.39 is 12.1 Å². The molecule has 0 fully saturated rings. The quantitative estimate of drug-likeness (QED) is 0.251. The SMILES string of the molecule is COc1ccc(CN(C)C[C@H]2OCCCC[C@@H](C)Oc3ccc(NC(=O)Nc4ccccc4)cc3C(=O)N([C@H](C)CO)C[C@@H]2C)cc1. The molecule has 3 aromatic carbocycles. The lowest BCUT2D eigenvalue weighted by molar-refractivity contribution is -0.0177. The van der Waals surface area contributed by atoms with Crippen LogP contribution in [0.1, 0.15) is 56.0 Å². The van der Waals surface area contributed by atoms with E-state index in [9.17, 15) is 14.7 Å². The van der Waals surface area contributed by atoms with Gasteiger partial charge in [-0.15, -0.1) is 0 Å². The predicted molar refractivity (Wildman–Crippen MR) is 185 cm³/mol. The van der Waals surface area contributed by atoms with Crippen LogP contribution in [-0.2, 0) is 11.3 Å². The van der Waals surface area contributed by atoms with Crippen LogP contribution < -0.4 is 20.1 Å². The van der Waals surface area contributed by atoms with E-state index >= 15 is 0 Å². The van der Waals surface area contributed by atoms with Gasteiger partial charge in [-0.05, 0) is 88.2 Å². The van der Waals surface area contributed by atoms with Gasteiger partial charge in [0.15, 0.2) is 0 Å². The number of carbonyl (C=O) groups is 2. The van der Waals surface area contributed by atoms with Crippen molar-refractivity contribution in [2.45, 2.75) is 64.8 Å². The van der Waals surface area contributed by atoms with Crippen LogP contribution in [0.25, 0.3) is 0 Å². The maximum absolute atomic E-state index is 14.4. The van der Waals surface area contributed by atoms with Gasteiger partial charge in [-0.1, -0.05) is 37.3 Å². The minimum atomic E-state index is -0.459. The standard InChI is InChI=1S/C37H50N4O6/c1-26-22-41(27(2)25-42)36(43)33-21-31(39-37(44)38-30-12-7-6-8-13-30)16-19-34(33)47-28(3)11-9-10-20-46-35(26)24-40(4)23-29-14-17-32(45-5)18-15-29/h6-8,12-19,21,26-28,35,42H,9-11,20,22-25H2,1-5H3,(H2,38,39,44)/t26-,27+,28+,35+/m0/s1. The van der Waals surface area contributed by atoms with Crippen molar-refractivity contribution >= 4 is 23.3 Å². The van der Waals surface area contributed by atoms with Crippen LogP contribution in [0.4, 0.5) is 16.2 Å². The number of likely N-dealkylation sites (N-methyl/N-ethyl adjacent to an activating group) is 1. The number of benzene rings is 3. The smallest absolute Gasteiger partial charge is 0.323 e. The first-order valence-corrected chi connectivity index (χ1v) is 16.5. The largest absolute Gasteiger partial charge is 0.497 e. The van der Waals surface area contributed by atoms with E-state index in [2.05, 4.69) is 41.6 Å². The monoisotopic (exact) mass is 646 g/mol. The zero-order chi connectivity index (χ0) is 33.8. The second-order valence-electron chi connectivity index (χ2n) is 12.5. The molecule has 0 unspecified atom stereocenters. The van der Waals surface area contributed by atoms with Crippen LogP contribution in [-0.4, -0.2) is 85.6 Å². The Labute approximate surface area is 279 Å². The highest BCUT2D eigenvalue weighted by molar-refractivity contribution is 6.02. The summed E-state index contributed by atoms with van der Waals surface area (Å²) in [7, 11) is 3.73. The predicted octanol–water partition coefficient (Wildman–Crippen LogP) is 6.27. The van der Waals surface area contributed by atoms with E-state index in [-0.39, 0.29) is 30.6 Å². The van der Waals surface area contributed by atoms with Gasteiger partial charge in [0.05, 0.1) is 37.5 Å². The van der Waals surface area contributed by atoms with Crippen molar-refractivity contribution in [1.29, 1.82) is 0 Å². The van der Waals surface area contributed by atoms with Crippen molar-refractivity contribution < 1.29 is 28.9 Å². The summed E-state index contributed by atoms with van der Waals surface area (Å²) in [6.45, 7) is 8.09. The van der Waals surface area contributed by atoms with E-state index in [4.69, 9.17) is 14.2 Å². The molecular weight excluding hydrogens is 596 g/mol. The van der Waals surface area contributed by atoms with Gasteiger partial charge >= 0.3 is 6.03 Å². The highest BCUT2D eigenvalue weighted by atomic mass is 16.5. The molecule has 10 nitrogen and oxygen atoms in total. The minimum Gasteiger partial charge on any atom is -0.497 e. The second-order valence-corrected chi connectivity index (χ2v) is 12.5. The molecule has 10 heteroatoms. The number of amides is 3. The van der Waals surface area contributed by atoms with Crippen molar-refractivity contribution in [1.82, 2.24) is 9.80 Å². The zero-order valence-corrected chi connectivity index (χ0v) is 28.3. The van der Waals surface area contributed by atoms with E-state index in [1.165, 1.54) is 5.56 Å². The molecule has 0 aliphatic carbocycles. The van der Waals surface area contributed by atoms with Gasteiger partial charge in [-0.25, -0.2) is 4.79 Å². The minimum absolute atomic E-state index is 0.0459. The van der Waals surface area contributed by atoms with Gasteiger partial charge in [0, 0.05) is 43.5 Å². The number of anilines is 2. The number of aliphatic hydroxyl groups is 1. The van der Waals surface area contributed by atoms with Gasteiger partial charge in [-0.2, -0.15) is 0 Å². The number of aliphatic hydroxyl groups excluding tert-OH is 1. The molecule has 0 radical (unpaired) electrons. The first-order valence-electron chi connectivity index (χ1n) is 16.5. The number of nitrogens with one attached hydrogen (secondary N) is 2. The molecular formula is C37H50N4O6. The highest BCUT2D eigenvalue weighted by Crippen LogP contribution is 2.29. The Morgan fingerprint density at radius 3 is 2.47 bits per heavy atom. The Balaban J connectivity index is 1.57. The second kappa shape index (κ2) is 17.7. The summed E-state index contributed by atoms with van der Waals surface area (Å²) in [5.41, 5.74) is 2.60. The van der Waals surface area contributed by atoms with Crippen molar-refractivity contribution in [3.8, 4) is 11.5 Å². The molecule has 0 saturated heterocycles. The number of rotatable bonds is 9. The number of hydrogen-bond acceptors (Lipinski definition) is 7. The number of methoxy groups -OCH3 is 1. The topological polar surface area (TPSA) is 113 Å². The third-order valence-corrected chi connectivity index (χ3v) is 8.44. The third kappa shape index (κ3) is 10.7. The Morgan fingerprint density at radius 1 is 1.04 bits per heavy atom. The van der Waals surface area contributed by atoms with Gasteiger partial charge in [0.25, 0.3) is 5.91 Å². The van der Waals surface area contributed by atoms with E-state index in [1.807, 2.05) is 44.2 Å². The number of nitrogens with zero attached hydrogens (tertiary/aromatic N) is 2. The van der Waals surface area contributed by atoms with Crippen molar-refractivity contribution in [2.24, 2.45) is 5.92 Å². The van der Waals surface area contributed by atoms with Gasteiger partial charge in [0.2, 0.25) is 0 Å². The fraction of sp³-hybridized carbons (Fsp3) is 0.459. The molecule has 3 aromatic rings. The average Bonchev–Trinajstić information content (AvgIpc) is 3.06. The molecule has 1 aliphatic rings. The van der Waals surface area contributed by atoms with Crippen molar-refractivity contribution in [3.05, 3.63) is 83.9 Å². The summed E-state index contributed by atoms with van der Waals surface area (Å²) < 4.78 is 18.1. The maximum Gasteiger partial charge on any atom is 0.323 e. The maximum atomic E-state index is 14.4. The Kier molecular flexibility index (Phi) is 13.5. The Hall–Kier alpha value is -4.12. The highest BCUT2D eigenvalue weighted by Gasteiger charge is 2.30. The van der Waals surface area contributed by atoms with Crippen LogP contribution in [0.2, 0.25) is 0 Å². The van der Waals surface area contributed by atoms with Crippen LogP contribution in [0, 0.1) is 5.92 Å². The summed E-state index contributed by atoms with van der Waals surface area (Å²) in [6, 6.07) is 21.4. The fourth-order valence-corrected chi connectivity index (χ4v) is 5.69. The van der Waals surface area contributed by atoms with E-state index in [1.54, 1.807) is 42.3 Å². The van der Waals surface area contributed by atoms with Gasteiger partial charge < -0.3 is 34.9 Å². The molecule has 0 aromatic heterocycles. The number of para-hydroxylation sites is 1. The van der Waals surface area contributed by atoms with E-state index in [0.29, 0.717) is 42.4 Å². The number of ether oxygens (including phenoxy) is 3. The summed E-state index contributed by atoms with van der Waals surface area (Å²) in [6.07, 6.45) is 2.32. The zero-order valence-electron chi connectivity index (χ0n) is 28.3. The van der Waals surface area contributed by atoms with Gasteiger partial charge in [0.1, 0.15) is 11.5 Å². The fourth-order valence-electron chi connectivity index (χ4n) is 5.69. The average molecular weight is 647 g/mol. The van der Waals surface area contributed by atoms with E-state index in [0.717, 1.165) is 31.6 Å². The molecule has 0 saturated carbocycles. The summed E-state index contributed by atoms with van der Waals surface area (Å²) in [5.74, 6) is 0.941. The van der Waals surface area contributed by atoms with Crippen LogP contribution in [0.3, 0.4) is 0 Å². The first-order chi connectivity index (χ1) is 22.7. The normalized spacial score (nSPS) is 20.0. The summed E-state index contributed by atoms with van der Waals surface area (Å²) in [4.78, 5) is 31.1. The number of fused-ring (bicyclic) bond motifs is 1. The molecule has 1 heterocycles. The lowest BCUT2D eigenvalue weighted by atomic mass is 10.0. The van der Waals surface area contributed by atoms with Crippen molar-refractivity contribution in [2.75, 3.05) is 51.1 Å². The Bertz CT molecular complexity index is 1420. The first kappa shape index (κ1) is 35.7. The van der Waals surface area contributed by atoms with Crippen LogP contribution in [0.5, 0.6) is 11.5 Å². The molecule has 3 amide bonds. The summed E-state index contributed by atoms with van der Waals surface area (Å²) in [5, 5.41) is 15.9. The molecule has 4 rings (SSSR count). The number of urea groups is 1. The van der Waals surface area contributed by atoms with Crippen LogP contribution >= 0.6 is 0 Å². The van der Waals surface area contributed by atoms with Gasteiger partial charge in [-0.3, -0.25) is 9.69 Å². The lowest BCUT2D eigenvalue weighted by Gasteiger charge is -2.36. The molecule has 0 spiro atoms. The molecule has 4 atom stereocenters. The number of carbonyl (C=O) groups excluding carboxylic acids is 2. The molecule has 254 valence electrons. The molecule has 47 heavy (non-hydrogen) atoms. The van der Waals surface area contributed by atoms with Crippen molar-refractivity contribution in [3.63, 3.8) is 0 Å². The Morgan fingerprint density at radius 2 is 1.77 bits per heavy atom.